The lowest BCUT2D eigenvalue weighted by atomic mass is 9.95. The predicted molar refractivity (Wildman–Crippen MR) is 83.0 cm³/mol. The molecular weight excluding hydrogens is 262 g/mol. The van der Waals surface area contributed by atoms with Crippen LogP contribution >= 0.6 is 0 Å². The van der Waals surface area contributed by atoms with E-state index >= 15 is 0 Å². The smallest absolute Gasteiger partial charge is 0.256 e. The van der Waals surface area contributed by atoms with Crippen molar-refractivity contribution < 1.29 is 9.21 Å². The van der Waals surface area contributed by atoms with Crippen molar-refractivity contribution in [2.45, 2.75) is 32.6 Å². The summed E-state index contributed by atoms with van der Waals surface area (Å²) in [5, 5.41) is 2.90. The minimum absolute atomic E-state index is 0.0510. The number of carbonyl (C=O) groups is 1. The zero-order valence-electron chi connectivity index (χ0n) is 12.0. The predicted octanol–water partition coefficient (Wildman–Crippen LogP) is 3.96. The fraction of sp³-hybridized carbons (Fsp3) is 0.278. The maximum Gasteiger partial charge on any atom is 0.256 e. The lowest BCUT2D eigenvalue weighted by Gasteiger charge is -2.08. The summed E-state index contributed by atoms with van der Waals surface area (Å²) >= 11 is 0. The average molecular weight is 279 g/mol. The fourth-order valence-corrected chi connectivity index (χ4v) is 3.30. The molecule has 1 amide bonds. The van der Waals surface area contributed by atoms with Gasteiger partial charge in [0.05, 0.1) is 5.57 Å². The Hall–Kier alpha value is -2.29. The molecule has 0 radical (unpaired) electrons. The van der Waals surface area contributed by atoms with Gasteiger partial charge in [-0.2, -0.15) is 0 Å². The van der Waals surface area contributed by atoms with Gasteiger partial charge in [0.2, 0.25) is 0 Å². The number of rotatable bonds is 1. The Bertz CT molecular complexity index is 768. The first-order valence-electron chi connectivity index (χ1n) is 7.47. The molecule has 1 N–H and O–H groups in total. The molecule has 0 unspecified atom stereocenters. The van der Waals surface area contributed by atoms with Crippen LogP contribution < -0.4 is 5.32 Å². The minimum atomic E-state index is -0.0510. The second kappa shape index (κ2) is 4.62. The van der Waals surface area contributed by atoms with Gasteiger partial charge in [0.15, 0.2) is 0 Å². The van der Waals surface area contributed by atoms with Crippen molar-refractivity contribution in [3.8, 4) is 0 Å². The van der Waals surface area contributed by atoms with Crippen molar-refractivity contribution in [3.05, 3.63) is 52.5 Å². The van der Waals surface area contributed by atoms with E-state index in [0.29, 0.717) is 5.57 Å². The summed E-state index contributed by atoms with van der Waals surface area (Å²) in [5.41, 5.74) is 5.06. The standard InChI is InChI=1S/C18H17NO2/c1-11-12-6-3-5-9-16(12)21-17(11)10-14-13-7-2-4-8-15(13)19-18(14)20/h2,4,7-8,10H,3,5-6,9H2,1H3,(H,19,20). The lowest BCUT2D eigenvalue weighted by Crippen LogP contribution is -2.03. The summed E-state index contributed by atoms with van der Waals surface area (Å²) < 4.78 is 6.01. The van der Waals surface area contributed by atoms with Crippen LogP contribution in [0.25, 0.3) is 11.6 Å². The summed E-state index contributed by atoms with van der Waals surface area (Å²) in [7, 11) is 0. The van der Waals surface area contributed by atoms with Crippen LogP contribution in [0.5, 0.6) is 0 Å². The Morgan fingerprint density at radius 3 is 2.86 bits per heavy atom. The van der Waals surface area contributed by atoms with Crippen molar-refractivity contribution in [3.63, 3.8) is 0 Å². The molecule has 0 bridgehead atoms. The van der Waals surface area contributed by atoms with E-state index in [-0.39, 0.29) is 5.91 Å². The average Bonchev–Trinajstić information content (AvgIpc) is 2.99. The number of anilines is 1. The van der Waals surface area contributed by atoms with E-state index in [1.165, 1.54) is 24.0 Å². The number of amides is 1. The van der Waals surface area contributed by atoms with E-state index in [1.54, 1.807) is 0 Å². The summed E-state index contributed by atoms with van der Waals surface area (Å²) in [6, 6.07) is 7.78. The maximum absolute atomic E-state index is 12.2. The molecule has 0 spiro atoms. The molecule has 0 saturated heterocycles. The quantitative estimate of drug-likeness (QED) is 0.803. The molecule has 0 saturated carbocycles. The zero-order chi connectivity index (χ0) is 14.4. The topological polar surface area (TPSA) is 42.2 Å². The fourth-order valence-electron chi connectivity index (χ4n) is 3.30. The highest BCUT2D eigenvalue weighted by atomic mass is 16.3. The van der Waals surface area contributed by atoms with Crippen LogP contribution in [0.2, 0.25) is 0 Å². The van der Waals surface area contributed by atoms with E-state index in [9.17, 15) is 4.79 Å². The highest BCUT2D eigenvalue weighted by Gasteiger charge is 2.25. The number of carbonyl (C=O) groups excluding carboxylic acids is 1. The van der Waals surface area contributed by atoms with Crippen molar-refractivity contribution >= 4 is 23.2 Å². The molecule has 0 fully saturated rings. The molecule has 3 nitrogen and oxygen atoms in total. The molecule has 2 aliphatic rings. The number of nitrogens with one attached hydrogen (secondary N) is 1. The summed E-state index contributed by atoms with van der Waals surface area (Å²) in [6.45, 7) is 2.10. The van der Waals surface area contributed by atoms with E-state index in [2.05, 4.69) is 12.2 Å². The number of hydrogen-bond donors (Lipinski definition) is 1. The molecule has 1 aromatic heterocycles. The van der Waals surface area contributed by atoms with Gasteiger partial charge in [-0.25, -0.2) is 0 Å². The maximum atomic E-state index is 12.2. The molecule has 2 heterocycles. The van der Waals surface area contributed by atoms with E-state index < -0.39 is 0 Å². The molecule has 2 aromatic rings. The molecular formula is C18H17NO2. The van der Waals surface area contributed by atoms with Crippen molar-refractivity contribution in [2.75, 3.05) is 5.32 Å². The third-order valence-electron chi connectivity index (χ3n) is 4.46. The van der Waals surface area contributed by atoms with Crippen LogP contribution in [0, 0.1) is 6.92 Å². The Balaban J connectivity index is 1.82. The van der Waals surface area contributed by atoms with Gasteiger partial charge in [-0.15, -0.1) is 0 Å². The molecule has 0 atom stereocenters. The Morgan fingerprint density at radius 1 is 1.19 bits per heavy atom. The second-order valence-corrected chi connectivity index (χ2v) is 5.76. The van der Waals surface area contributed by atoms with E-state index in [1.807, 2.05) is 30.3 Å². The number of para-hydroxylation sites is 1. The molecule has 4 rings (SSSR count). The summed E-state index contributed by atoms with van der Waals surface area (Å²) in [4.78, 5) is 12.2. The Labute approximate surface area is 123 Å². The third kappa shape index (κ3) is 1.92. The summed E-state index contributed by atoms with van der Waals surface area (Å²) in [5.74, 6) is 1.89. The molecule has 21 heavy (non-hydrogen) atoms. The first kappa shape index (κ1) is 12.5. The van der Waals surface area contributed by atoms with Crippen LogP contribution in [0.15, 0.2) is 28.7 Å². The van der Waals surface area contributed by atoms with Gasteiger partial charge >= 0.3 is 0 Å². The van der Waals surface area contributed by atoms with Crippen molar-refractivity contribution in [1.29, 1.82) is 0 Å². The summed E-state index contributed by atoms with van der Waals surface area (Å²) in [6.07, 6.45) is 6.43. The van der Waals surface area contributed by atoms with Gasteiger partial charge in [0.1, 0.15) is 11.5 Å². The van der Waals surface area contributed by atoms with E-state index in [0.717, 1.165) is 35.6 Å². The van der Waals surface area contributed by atoms with Crippen molar-refractivity contribution in [1.82, 2.24) is 0 Å². The number of benzene rings is 1. The largest absolute Gasteiger partial charge is 0.461 e. The van der Waals surface area contributed by atoms with Crippen molar-refractivity contribution in [2.24, 2.45) is 0 Å². The first-order valence-corrected chi connectivity index (χ1v) is 7.47. The van der Waals surface area contributed by atoms with Gasteiger partial charge in [0, 0.05) is 17.7 Å². The monoisotopic (exact) mass is 279 g/mol. The van der Waals surface area contributed by atoms with Gasteiger partial charge in [-0.05, 0) is 49.5 Å². The van der Waals surface area contributed by atoms with Crippen LogP contribution in [-0.2, 0) is 17.6 Å². The Kier molecular flexibility index (Phi) is 2.74. The third-order valence-corrected chi connectivity index (χ3v) is 4.46. The van der Waals surface area contributed by atoms with Crippen LogP contribution in [-0.4, -0.2) is 5.91 Å². The van der Waals surface area contributed by atoms with Gasteiger partial charge in [-0.1, -0.05) is 18.2 Å². The zero-order valence-corrected chi connectivity index (χ0v) is 12.0. The Morgan fingerprint density at radius 2 is 2.00 bits per heavy atom. The number of fused-ring (bicyclic) bond motifs is 2. The van der Waals surface area contributed by atoms with E-state index in [4.69, 9.17) is 4.42 Å². The number of furan rings is 1. The normalized spacial score (nSPS) is 18.5. The SMILES string of the molecule is Cc1c(C=C2C(=O)Nc3ccccc32)oc2c1CCCC2. The second-order valence-electron chi connectivity index (χ2n) is 5.76. The molecule has 1 aliphatic carbocycles. The number of aryl methyl sites for hydroxylation is 1. The van der Waals surface area contributed by atoms with Crippen LogP contribution in [0.1, 0.15) is 41.1 Å². The van der Waals surface area contributed by atoms with Gasteiger partial charge in [0.25, 0.3) is 5.91 Å². The van der Waals surface area contributed by atoms with Gasteiger partial charge in [-0.3, -0.25) is 4.79 Å². The van der Waals surface area contributed by atoms with Crippen LogP contribution in [0.4, 0.5) is 5.69 Å². The lowest BCUT2D eigenvalue weighted by molar-refractivity contribution is -0.110. The minimum Gasteiger partial charge on any atom is -0.461 e. The highest BCUT2D eigenvalue weighted by molar-refractivity contribution is 6.34. The molecule has 1 aliphatic heterocycles. The highest BCUT2D eigenvalue weighted by Crippen LogP contribution is 2.35. The van der Waals surface area contributed by atoms with Gasteiger partial charge < -0.3 is 9.73 Å². The number of hydrogen-bond acceptors (Lipinski definition) is 2. The molecule has 3 heteroatoms. The van der Waals surface area contributed by atoms with Crippen LogP contribution in [0.3, 0.4) is 0 Å². The molecule has 106 valence electrons. The first-order chi connectivity index (χ1) is 10.2. The molecule has 1 aromatic carbocycles.